The highest BCUT2D eigenvalue weighted by Crippen LogP contribution is 2.36. The Kier molecular flexibility index (Phi) is 18.5. The summed E-state index contributed by atoms with van der Waals surface area (Å²) in [5, 5.41) is 0. The molecule has 0 aliphatic rings. The molecular formula is C16H38O6P2. The lowest BCUT2D eigenvalue weighted by Crippen LogP contribution is -1.88. The molecule has 4 N–H and O–H groups in total. The lowest BCUT2D eigenvalue weighted by Gasteiger charge is -2.02. The van der Waals surface area contributed by atoms with Gasteiger partial charge in [0.1, 0.15) is 0 Å². The SMILES string of the molecule is CCCCCCCCP(=O)(O)O.CCCCCCCCP(=O)(O)O. The number of rotatable bonds is 14. The van der Waals surface area contributed by atoms with Crippen molar-refractivity contribution < 1.29 is 28.7 Å². The van der Waals surface area contributed by atoms with Crippen LogP contribution in [0.4, 0.5) is 0 Å². The van der Waals surface area contributed by atoms with Crippen LogP contribution in [0.15, 0.2) is 0 Å². The summed E-state index contributed by atoms with van der Waals surface area (Å²) in [6.45, 7) is 4.30. The van der Waals surface area contributed by atoms with E-state index in [4.69, 9.17) is 19.6 Å². The molecule has 0 fully saturated rings. The highest BCUT2D eigenvalue weighted by atomic mass is 31.2. The van der Waals surface area contributed by atoms with Gasteiger partial charge in [-0.2, -0.15) is 0 Å². The van der Waals surface area contributed by atoms with Gasteiger partial charge in [0.15, 0.2) is 0 Å². The first-order chi connectivity index (χ1) is 11.1. The Bertz CT molecular complexity index is 316. The Balaban J connectivity index is 0. The molecule has 0 rings (SSSR count). The predicted molar refractivity (Wildman–Crippen MR) is 101 cm³/mol. The quantitative estimate of drug-likeness (QED) is 0.244. The van der Waals surface area contributed by atoms with E-state index in [1.165, 1.54) is 38.5 Å². The molecule has 148 valence electrons. The van der Waals surface area contributed by atoms with E-state index in [0.717, 1.165) is 25.7 Å². The van der Waals surface area contributed by atoms with E-state index < -0.39 is 15.2 Å². The highest BCUT2D eigenvalue weighted by molar-refractivity contribution is 7.52. The van der Waals surface area contributed by atoms with Crippen LogP contribution in [0.5, 0.6) is 0 Å². The van der Waals surface area contributed by atoms with Crippen molar-refractivity contribution in [2.75, 3.05) is 12.3 Å². The van der Waals surface area contributed by atoms with E-state index in [9.17, 15) is 9.13 Å². The number of hydrogen-bond acceptors (Lipinski definition) is 2. The molecule has 0 aromatic rings. The maximum Gasteiger partial charge on any atom is 0.325 e. The molecule has 8 heteroatoms. The summed E-state index contributed by atoms with van der Waals surface area (Å²) in [6.07, 6.45) is 12.8. The number of hydrogen-bond donors (Lipinski definition) is 4. The zero-order chi connectivity index (χ0) is 18.9. The topological polar surface area (TPSA) is 115 Å². The Morgan fingerprint density at radius 2 is 0.750 bits per heavy atom. The fourth-order valence-electron chi connectivity index (χ4n) is 2.20. The third-order valence-electron chi connectivity index (χ3n) is 3.61. The fourth-order valence-corrected chi connectivity index (χ4v) is 3.47. The molecule has 0 aliphatic heterocycles. The van der Waals surface area contributed by atoms with Crippen LogP contribution in [0, 0.1) is 0 Å². The van der Waals surface area contributed by atoms with Crippen molar-refractivity contribution in [3.8, 4) is 0 Å². The molecule has 0 unspecified atom stereocenters. The molecule has 0 aliphatic carbocycles. The molecule has 0 spiro atoms. The van der Waals surface area contributed by atoms with Crippen LogP contribution in [0.2, 0.25) is 0 Å². The molecule has 0 saturated heterocycles. The lowest BCUT2D eigenvalue weighted by atomic mass is 10.1. The van der Waals surface area contributed by atoms with Crippen LogP contribution < -0.4 is 0 Å². The zero-order valence-electron chi connectivity index (χ0n) is 15.4. The first-order valence-electron chi connectivity index (χ1n) is 9.21. The van der Waals surface area contributed by atoms with Crippen LogP contribution in [-0.2, 0) is 9.13 Å². The minimum Gasteiger partial charge on any atom is -0.324 e. The van der Waals surface area contributed by atoms with Crippen LogP contribution in [0.1, 0.15) is 90.9 Å². The van der Waals surface area contributed by atoms with E-state index in [2.05, 4.69) is 13.8 Å². The van der Waals surface area contributed by atoms with Crippen molar-refractivity contribution in [1.29, 1.82) is 0 Å². The largest absolute Gasteiger partial charge is 0.325 e. The van der Waals surface area contributed by atoms with Gasteiger partial charge >= 0.3 is 15.2 Å². The third kappa shape index (κ3) is 30.2. The smallest absolute Gasteiger partial charge is 0.324 e. The molecule has 24 heavy (non-hydrogen) atoms. The molecular weight excluding hydrogens is 350 g/mol. The second-order valence-corrected chi connectivity index (χ2v) is 9.87. The summed E-state index contributed by atoms with van der Waals surface area (Å²) in [5.74, 6) is 0. The Labute approximate surface area is 147 Å². The average molecular weight is 388 g/mol. The van der Waals surface area contributed by atoms with E-state index in [-0.39, 0.29) is 12.3 Å². The van der Waals surface area contributed by atoms with E-state index >= 15 is 0 Å². The monoisotopic (exact) mass is 388 g/mol. The van der Waals surface area contributed by atoms with Crippen molar-refractivity contribution in [2.24, 2.45) is 0 Å². The molecule has 0 saturated carbocycles. The molecule has 0 aromatic carbocycles. The van der Waals surface area contributed by atoms with Gasteiger partial charge in [0.05, 0.1) is 0 Å². The molecule has 0 heterocycles. The summed E-state index contributed by atoms with van der Waals surface area (Å²) in [6, 6.07) is 0. The first-order valence-corrected chi connectivity index (χ1v) is 12.8. The predicted octanol–water partition coefficient (Wildman–Crippen LogP) is 5.05. The van der Waals surface area contributed by atoms with Gasteiger partial charge in [0, 0.05) is 12.3 Å². The van der Waals surface area contributed by atoms with Gasteiger partial charge in [-0.15, -0.1) is 0 Å². The summed E-state index contributed by atoms with van der Waals surface area (Å²) in [7, 11) is -7.44. The van der Waals surface area contributed by atoms with Crippen molar-refractivity contribution in [3.63, 3.8) is 0 Å². The number of unbranched alkanes of at least 4 members (excludes halogenated alkanes) is 10. The Morgan fingerprint density at radius 3 is 1.00 bits per heavy atom. The zero-order valence-corrected chi connectivity index (χ0v) is 17.2. The Hall–Kier alpha value is 0.300. The Morgan fingerprint density at radius 1 is 0.500 bits per heavy atom. The van der Waals surface area contributed by atoms with Gasteiger partial charge in [-0.25, -0.2) is 0 Å². The van der Waals surface area contributed by atoms with Crippen LogP contribution in [0.3, 0.4) is 0 Å². The summed E-state index contributed by atoms with van der Waals surface area (Å²) < 4.78 is 20.8. The maximum atomic E-state index is 10.4. The molecule has 0 amide bonds. The van der Waals surface area contributed by atoms with Gasteiger partial charge in [-0.3, -0.25) is 9.13 Å². The van der Waals surface area contributed by atoms with Gasteiger partial charge < -0.3 is 19.6 Å². The lowest BCUT2D eigenvalue weighted by molar-refractivity contribution is 0.368. The van der Waals surface area contributed by atoms with Crippen molar-refractivity contribution in [1.82, 2.24) is 0 Å². The third-order valence-corrected chi connectivity index (χ3v) is 5.40. The minimum absolute atomic E-state index is 0.0547. The summed E-state index contributed by atoms with van der Waals surface area (Å²) in [4.78, 5) is 34.1. The van der Waals surface area contributed by atoms with Crippen LogP contribution >= 0.6 is 15.2 Å². The molecule has 0 bridgehead atoms. The van der Waals surface area contributed by atoms with Crippen molar-refractivity contribution >= 4 is 15.2 Å². The van der Waals surface area contributed by atoms with E-state index in [0.29, 0.717) is 12.8 Å². The van der Waals surface area contributed by atoms with Gasteiger partial charge in [0.25, 0.3) is 0 Å². The van der Waals surface area contributed by atoms with Gasteiger partial charge in [-0.1, -0.05) is 78.1 Å². The average Bonchev–Trinajstić information content (AvgIpc) is 2.45. The highest BCUT2D eigenvalue weighted by Gasteiger charge is 2.11. The second-order valence-electron chi connectivity index (χ2n) is 6.31. The van der Waals surface area contributed by atoms with Gasteiger partial charge in [-0.05, 0) is 12.8 Å². The first kappa shape index (κ1) is 26.5. The standard InChI is InChI=1S/2C8H19O3P/c2*1-2-3-4-5-6-7-8-12(9,10)11/h2*2-8H2,1H3,(H2,9,10,11). The molecule has 0 aromatic heterocycles. The van der Waals surface area contributed by atoms with Crippen LogP contribution in [0.25, 0.3) is 0 Å². The van der Waals surface area contributed by atoms with Crippen molar-refractivity contribution in [2.45, 2.75) is 90.9 Å². The molecule has 0 radical (unpaired) electrons. The minimum atomic E-state index is -3.72. The normalized spacial score (nSPS) is 11.9. The summed E-state index contributed by atoms with van der Waals surface area (Å²) >= 11 is 0. The molecule has 0 atom stereocenters. The summed E-state index contributed by atoms with van der Waals surface area (Å²) in [5.41, 5.74) is 0. The van der Waals surface area contributed by atoms with E-state index in [1.807, 2.05) is 0 Å². The molecule has 6 nitrogen and oxygen atoms in total. The maximum absolute atomic E-state index is 10.4. The fraction of sp³-hybridized carbons (Fsp3) is 1.00. The van der Waals surface area contributed by atoms with E-state index in [1.54, 1.807) is 0 Å². The van der Waals surface area contributed by atoms with Crippen molar-refractivity contribution in [3.05, 3.63) is 0 Å². The van der Waals surface area contributed by atoms with Crippen LogP contribution in [-0.4, -0.2) is 31.9 Å². The second kappa shape index (κ2) is 16.8. The van der Waals surface area contributed by atoms with Gasteiger partial charge in [0.2, 0.25) is 0 Å².